The molecule has 0 amide bonds. The van der Waals surface area contributed by atoms with Crippen molar-refractivity contribution >= 4 is 12.6 Å². The SMILES string of the molecule is Cc1c(C)c(C)c([P+](C)(C)C)c(C)c1C. The lowest BCUT2D eigenvalue weighted by atomic mass is 9.95. The van der Waals surface area contributed by atoms with Crippen LogP contribution in [0.3, 0.4) is 0 Å². The maximum atomic E-state index is 2.41. The first-order chi connectivity index (χ1) is 6.68. The van der Waals surface area contributed by atoms with E-state index in [-0.39, 0.29) is 0 Å². The molecule has 1 aromatic rings. The van der Waals surface area contributed by atoms with Crippen molar-refractivity contribution in [3.05, 3.63) is 27.8 Å². The van der Waals surface area contributed by atoms with E-state index in [9.17, 15) is 0 Å². The van der Waals surface area contributed by atoms with Crippen molar-refractivity contribution in [1.29, 1.82) is 0 Å². The Balaban J connectivity index is 3.68. The monoisotopic (exact) mass is 223 g/mol. The van der Waals surface area contributed by atoms with Crippen LogP contribution in [0.15, 0.2) is 0 Å². The molecule has 0 N–H and O–H groups in total. The topological polar surface area (TPSA) is 0 Å². The maximum absolute atomic E-state index is 2.41. The van der Waals surface area contributed by atoms with Crippen LogP contribution in [0.2, 0.25) is 0 Å². The van der Waals surface area contributed by atoms with Gasteiger partial charge in [-0.2, -0.15) is 0 Å². The van der Waals surface area contributed by atoms with E-state index < -0.39 is 7.26 Å². The van der Waals surface area contributed by atoms with Gasteiger partial charge in [0.25, 0.3) is 0 Å². The molecule has 0 unspecified atom stereocenters. The second kappa shape index (κ2) is 3.91. The highest BCUT2D eigenvalue weighted by Gasteiger charge is 2.28. The molecule has 0 fully saturated rings. The number of rotatable bonds is 1. The molecule has 0 radical (unpaired) electrons. The van der Waals surface area contributed by atoms with Crippen molar-refractivity contribution in [3.8, 4) is 0 Å². The standard InChI is InChI=1S/C14H24P/c1-9-10(2)12(4)14(15(6,7)8)13(5)11(9)3/h1-8H3/q+1. The zero-order chi connectivity index (χ0) is 12.0. The Morgan fingerprint density at radius 1 is 0.533 bits per heavy atom. The van der Waals surface area contributed by atoms with Gasteiger partial charge in [0.05, 0.1) is 25.3 Å². The number of hydrogen-bond donors (Lipinski definition) is 0. The predicted molar refractivity (Wildman–Crippen MR) is 74.5 cm³/mol. The van der Waals surface area contributed by atoms with Crippen LogP contribution in [0.1, 0.15) is 27.8 Å². The molecule has 1 aromatic carbocycles. The molecule has 1 heteroatoms. The largest absolute Gasteiger partial charge is 0.0993 e. The summed E-state index contributed by atoms with van der Waals surface area (Å²) in [7, 11) is -0.917. The van der Waals surface area contributed by atoms with Crippen LogP contribution in [-0.2, 0) is 0 Å². The summed E-state index contributed by atoms with van der Waals surface area (Å²) in [6.07, 6.45) is 0. The van der Waals surface area contributed by atoms with E-state index in [2.05, 4.69) is 54.6 Å². The summed E-state index contributed by atoms with van der Waals surface area (Å²) < 4.78 is 0. The van der Waals surface area contributed by atoms with Gasteiger partial charge in [0, 0.05) is 7.26 Å². The van der Waals surface area contributed by atoms with Gasteiger partial charge in [-0.25, -0.2) is 0 Å². The maximum Gasteiger partial charge on any atom is 0.0993 e. The fourth-order valence-corrected chi connectivity index (χ4v) is 4.83. The van der Waals surface area contributed by atoms with Crippen LogP contribution >= 0.6 is 7.26 Å². The number of benzene rings is 1. The van der Waals surface area contributed by atoms with Gasteiger partial charge in [0.15, 0.2) is 0 Å². The lowest BCUT2D eigenvalue weighted by Crippen LogP contribution is -2.19. The molecule has 0 heterocycles. The van der Waals surface area contributed by atoms with Gasteiger partial charge in [-0.3, -0.25) is 0 Å². The van der Waals surface area contributed by atoms with E-state index in [0.29, 0.717) is 0 Å². The smallest absolute Gasteiger partial charge is 0.0445 e. The molecular formula is C14H24P+. The van der Waals surface area contributed by atoms with Crippen LogP contribution in [0.25, 0.3) is 0 Å². The molecule has 0 saturated heterocycles. The molecule has 0 nitrogen and oxygen atoms in total. The molecule has 0 aliphatic heterocycles. The molecular weight excluding hydrogens is 199 g/mol. The Labute approximate surface area is 95.4 Å². The van der Waals surface area contributed by atoms with Crippen molar-refractivity contribution < 1.29 is 0 Å². The van der Waals surface area contributed by atoms with Crippen molar-refractivity contribution in [1.82, 2.24) is 0 Å². The molecule has 15 heavy (non-hydrogen) atoms. The van der Waals surface area contributed by atoms with Crippen molar-refractivity contribution in [2.45, 2.75) is 34.6 Å². The Bertz CT molecular complexity index is 366. The molecule has 0 atom stereocenters. The Morgan fingerprint density at radius 2 is 0.800 bits per heavy atom. The molecule has 0 bridgehead atoms. The molecule has 0 spiro atoms. The minimum Gasteiger partial charge on any atom is -0.0445 e. The van der Waals surface area contributed by atoms with Gasteiger partial charge in [-0.05, 0) is 62.4 Å². The minimum atomic E-state index is -0.917. The summed E-state index contributed by atoms with van der Waals surface area (Å²) in [5.74, 6) is 0. The van der Waals surface area contributed by atoms with E-state index in [0.717, 1.165) is 0 Å². The molecule has 0 saturated carbocycles. The van der Waals surface area contributed by atoms with Gasteiger partial charge in [0.2, 0.25) is 0 Å². The third kappa shape index (κ3) is 2.11. The third-order valence-electron chi connectivity index (χ3n) is 3.63. The quantitative estimate of drug-likeness (QED) is 0.636. The second-order valence-corrected chi connectivity index (χ2v) is 9.96. The Morgan fingerprint density at radius 3 is 1.07 bits per heavy atom. The highest BCUT2D eigenvalue weighted by molar-refractivity contribution is 7.81. The molecule has 0 aromatic heterocycles. The zero-order valence-electron chi connectivity index (χ0n) is 11.4. The van der Waals surface area contributed by atoms with E-state index >= 15 is 0 Å². The summed E-state index contributed by atoms with van der Waals surface area (Å²) in [5.41, 5.74) is 7.50. The number of hydrogen-bond acceptors (Lipinski definition) is 0. The van der Waals surface area contributed by atoms with E-state index in [1.807, 2.05) is 0 Å². The van der Waals surface area contributed by atoms with Gasteiger partial charge >= 0.3 is 0 Å². The molecule has 84 valence electrons. The molecule has 1 rings (SSSR count). The van der Waals surface area contributed by atoms with Gasteiger partial charge in [-0.1, -0.05) is 0 Å². The van der Waals surface area contributed by atoms with Gasteiger partial charge in [-0.15, -0.1) is 0 Å². The highest BCUT2D eigenvalue weighted by atomic mass is 31.2. The van der Waals surface area contributed by atoms with Crippen LogP contribution in [-0.4, -0.2) is 20.0 Å². The average molecular weight is 223 g/mol. The van der Waals surface area contributed by atoms with Crippen LogP contribution in [0.5, 0.6) is 0 Å². The molecule has 0 aliphatic rings. The Hall–Kier alpha value is -0.350. The lowest BCUT2D eigenvalue weighted by molar-refractivity contribution is 1.19. The van der Waals surface area contributed by atoms with E-state index in [1.165, 1.54) is 27.8 Å². The predicted octanol–water partition coefficient (Wildman–Crippen LogP) is 3.76. The highest BCUT2D eigenvalue weighted by Crippen LogP contribution is 2.48. The van der Waals surface area contributed by atoms with E-state index in [1.54, 1.807) is 5.30 Å². The summed E-state index contributed by atoms with van der Waals surface area (Å²) >= 11 is 0. The third-order valence-corrected chi connectivity index (χ3v) is 5.64. The first kappa shape index (κ1) is 12.7. The van der Waals surface area contributed by atoms with Gasteiger partial charge in [0.1, 0.15) is 0 Å². The molecule has 0 aliphatic carbocycles. The van der Waals surface area contributed by atoms with Crippen LogP contribution < -0.4 is 5.30 Å². The average Bonchev–Trinajstić information content (AvgIpc) is 2.09. The van der Waals surface area contributed by atoms with Crippen molar-refractivity contribution in [2.24, 2.45) is 0 Å². The van der Waals surface area contributed by atoms with Crippen LogP contribution in [0, 0.1) is 34.6 Å². The van der Waals surface area contributed by atoms with E-state index in [4.69, 9.17) is 0 Å². The van der Waals surface area contributed by atoms with Crippen LogP contribution in [0.4, 0.5) is 0 Å². The zero-order valence-corrected chi connectivity index (χ0v) is 12.3. The van der Waals surface area contributed by atoms with Crippen molar-refractivity contribution in [3.63, 3.8) is 0 Å². The van der Waals surface area contributed by atoms with Gasteiger partial charge < -0.3 is 0 Å². The summed E-state index contributed by atoms with van der Waals surface area (Å²) in [6.45, 7) is 18.6. The fraction of sp³-hybridized carbons (Fsp3) is 0.571. The lowest BCUT2D eigenvalue weighted by Gasteiger charge is -2.22. The Kier molecular flexibility index (Phi) is 3.31. The second-order valence-electron chi connectivity index (χ2n) is 5.49. The first-order valence-electron chi connectivity index (χ1n) is 5.57. The summed E-state index contributed by atoms with van der Waals surface area (Å²) in [4.78, 5) is 0. The normalized spacial score (nSPS) is 12.0. The minimum absolute atomic E-state index is 0.917. The summed E-state index contributed by atoms with van der Waals surface area (Å²) in [6, 6.07) is 0. The summed E-state index contributed by atoms with van der Waals surface area (Å²) in [5, 5.41) is 1.64. The van der Waals surface area contributed by atoms with Crippen molar-refractivity contribution in [2.75, 3.05) is 20.0 Å². The first-order valence-corrected chi connectivity index (χ1v) is 8.70. The fourth-order valence-electron chi connectivity index (χ4n) is 2.49.